The van der Waals surface area contributed by atoms with E-state index in [-0.39, 0.29) is 0 Å². The molecule has 0 radical (unpaired) electrons. The molecule has 0 amide bonds. The Morgan fingerprint density at radius 3 is 2.61 bits per heavy atom. The fraction of sp³-hybridized carbons (Fsp3) is 0.200. The monoisotopic (exact) mass is 243 g/mol. The van der Waals surface area contributed by atoms with E-state index in [9.17, 15) is 0 Å². The highest BCUT2D eigenvalue weighted by Crippen LogP contribution is 2.20. The highest BCUT2D eigenvalue weighted by Gasteiger charge is 2.00. The number of aryl methyl sites for hydroxylation is 1. The second kappa shape index (κ2) is 5.45. The van der Waals surface area contributed by atoms with Crippen LogP contribution in [0.2, 0.25) is 0 Å². The van der Waals surface area contributed by atoms with Crippen molar-refractivity contribution < 1.29 is 9.47 Å². The molecule has 3 nitrogen and oxygen atoms in total. The Kier molecular flexibility index (Phi) is 3.72. The number of nitrogen functional groups attached to an aromatic ring is 1. The van der Waals surface area contributed by atoms with Crippen LogP contribution in [0.15, 0.2) is 42.5 Å². The molecule has 2 N–H and O–H groups in total. The molecule has 2 aromatic carbocycles. The van der Waals surface area contributed by atoms with Crippen LogP contribution in [-0.2, 0) is 6.61 Å². The average Bonchev–Trinajstić information content (AvgIpc) is 2.35. The standard InChI is InChI=1S/C15H17NO2/c1-11-6-13(16)9-15(7-11)18-10-12-4-3-5-14(8-12)17-2/h3-9H,10,16H2,1-2H3. The van der Waals surface area contributed by atoms with Crippen molar-refractivity contribution in [1.82, 2.24) is 0 Å². The molecule has 94 valence electrons. The highest BCUT2D eigenvalue weighted by molar-refractivity contribution is 5.47. The van der Waals surface area contributed by atoms with Gasteiger partial charge in [-0.2, -0.15) is 0 Å². The lowest BCUT2D eigenvalue weighted by Gasteiger charge is -2.09. The molecular formula is C15H17NO2. The van der Waals surface area contributed by atoms with Crippen molar-refractivity contribution in [3.8, 4) is 11.5 Å². The van der Waals surface area contributed by atoms with Crippen molar-refractivity contribution >= 4 is 5.69 Å². The van der Waals surface area contributed by atoms with Gasteiger partial charge in [-0.3, -0.25) is 0 Å². The van der Waals surface area contributed by atoms with Crippen LogP contribution in [0.3, 0.4) is 0 Å². The van der Waals surface area contributed by atoms with E-state index in [2.05, 4.69) is 0 Å². The average molecular weight is 243 g/mol. The first kappa shape index (κ1) is 12.3. The number of rotatable bonds is 4. The lowest BCUT2D eigenvalue weighted by Crippen LogP contribution is -1.97. The van der Waals surface area contributed by atoms with E-state index in [1.54, 1.807) is 7.11 Å². The van der Waals surface area contributed by atoms with Crippen LogP contribution in [-0.4, -0.2) is 7.11 Å². The maximum atomic E-state index is 5.77. The van der Waals surface area contributed by atoms with Gasteiger partial charge in [-0.1, -0.05) is 12.1 Å². The minimum absolute atomic E-state index is 0.500. The number of ether oxygens (including phenoxy) is 2. The molecule has 0 aliphatic carbocycles. The molecule has 0 fully saturated rings. The molecule has 0 atom stereocenters. The van der Waals surface area contributed by atoms with Crippen molar-refractivity contribution in [3.05, 3.63) is 53.6 Å². The molecule has 0 spiro atoms. The topological polar surface area (TPSA) is 44.5 Å². The van der Waals surface area contributed by atoms with Crippen molar-refractivity contribution in [1.29, 1.82) is 0 Å². The van der Waals surface area contributed by atoms with Crippen molar-refractivity contribution in [2.45, 2.75) is 13.5 Å². The highest BCUT2D eigenvalue weighted by atomic mass is 16.5. The van der Waals surface area contributed by atoms with Gasteiger partial charge in [0.25, 0.3) is 0 Å². The van der Waals surface area contributed by atoms with Gasteiger partial charge in [-0.25, -0.2) is 0 Å². The molecule has 0 saturated heterocycles. The molecule has 0 aromatic heterocycles. The summed E-state index contributed by atoms with van der Waals surface area (Å²) < 4.78 is 10.9. The molecule has 2 rings (SSSR count). The number of methoxy groups -OCH3 is 1. The Labute approximate surface area is 107 Å². The lowest BCUT2D eigenvalue weighted by molar-refractivity contribution is 0.305. The normalized spacial score (nSPS) is 10.1. The molecule has 18 heavy (non-hydrogen) atoms. The molecule has 3 heteroatoms. The van der Waals surface area contributed by atoms with Gasteiger partial charge < -0.3 is 15.2 Å². The third-order valence-electron chi connectivity index (χ3n) is 2.61. The summed E-state index contributed by atoms with van der Waals surface area (Å²) in [5.74, 6) is 1.62. The maximum absolute atomic E-state index is 5.77. The maximum Gasteiger partial charge on any atom is 0.122 e. The number of hydrogen-bond donors (Lipinski definition) is 1. The molecule has 0 heterocycles. The predicted molar refractivity (Wildman–Crippen MR) is 72.9 cm³/mol. The zero-order valence-electron chi connectivity index (χ0n) is 10.6. The van der Waals surface area contributed by atoms with Gasteiger partial charge in [0.05, 0.1) is 7.11 Å². The van der Waals surface area contributed by atoms with E-state index in [4.69, 9.17) is 15.2 Å². The van der Waals surface area contributed by atoms with Crippen LogP contribution < -0.4 is 15.2 Å². The summed E-state index contributed by atoms with van der Waals surface area (Å²) in [6, 6.07) is 13.5. The Morgan fingerprint density at radius 1 is 1.06 bits per heavy atom. The van der Waals surface area contributed by atoms with E-state index >= 15 is 0 Å². The van der Waals surface area contributed by atoms with E-state index in [1.165, 1.54) is 0 Å². The third-order valence-corrected chi connectivity index (χ3v) is 2.61. The zero-order valence-corrected chi connectivity index (χ0v) is 10.6. The number of nitrogens with two attached hydrogens (primary N) is 1. The number of hydrogen-bond acceptors (Lipinski definition) is 3. The second-order valence-corrected chi connectivity index (χ2v) is 4.22. The van der Waals surface area contributed by atoms with Gasteiger partial charge in [0.1, 0.15) is 18.1 Å². The van der Waals surface area contributed by atoms with Crippen LogP contribution in [0.5, 0.6) is 11.5 Å². The molecule has 0 bridgehead atoms. The predicted octanol–water partition coefficient (Wildman–Crippen LogP) is 3.16. The molecule has 0 aliphatic rings. The summed E-state index contributed by atoms with van der Waals surface area (Å²) in [5.41, 5.74) is 8.65. The summed E-state index contributed by atoms with van der Waals surface area (Å²) >= 11 is 0. The largest absolute Gasteiger partial charge is 0.497 e. The van der Waals surface area contributed by atoms with Gasteiger partial charge >= 0.3 is 0 Å². The van der Waals surface area contributed by atoms with Gasteiger partial charge in [0.2, 0.25) is 0 Å². The quantitative estimate of drug-likeness (QED) is 0.839. The van der Waals surface area contributed by atoms with Crippen LogP contribution in [0.1, 0.15) is 11.1 Å². The first-order valence-electron chi connectivity index (χ1n) is 5.80. The van der Waals surface area contributed by atoms with Crippen LogP contribution in [0, 0.1) is 6.92 Å². The third kappa shape index (κ3) is 3.17. The molecule has 0 unspecified atom stereocenters. The summed E-state index contributed by atoms with van der Waals surface area (Å²) in [4.78, 5) is 0. The first-order valence-corrected chi connectivity index (χ1v) is 5.80. The van der Waals surface area contributed by atoms with Crippen LogP contribution in [0.4, 0.5) is 5.69 Å². The smallest absolute Gasteiger partial charge is 0.122 e. The molecule has 2 aromatic rings. The Balaban J connectivity index is 2.06. The number of anilines is 1. The van der Waals surface area contributed by atoms with Gasteiger partial charge in [0, 0.05) is 11.8 Å². The SMILES string of the molecule is COc1cccc(COc2cc(C)cc(N)c2)c1. The van der Waals surface area contributed by atoms with Crippen LogP contribution in [0.25, 0.3) is 0 Å². The lowest BCUT2D eigenvalue weighted by atomic mass is 10.2. The van der Waals surface area contributed by atoms with Crippen molar-refractivity contribution in [3.63, 3.8) is 0 Å². The Bertz CT molecular complexity index is 518. The molecular weight excluding hydrogens is 226 g/mol. The van der Waals surface area contributed by atoms with Crippen LogP contribution >= 0.6 is 0 Å². The summed E-state index contributed by atoms with van der Waals surface area (Å²) in [6.45, 7) is 2.49. The van der Waals surface area contributed by atoms with Gasteiger partial charge in [-0.15, -0.1) is 0 Å². The van der Waals surface area contributed by atoms with Gasteiger partial charge in [0.15, 0.2) is 0 Å². The van der Waals surface area contributed by atoms with Gasteiger partial charge in [-0.05, 0) is 42.3 Å². The zero-order chi connectivity index (χ0) is 13.0. The fourth-order valence-corrected chi connectivity index (χ4v) is 1.79. The fourth-order valence-electron chi connectivity index (χ4n) is 1.79. The van der Waals surface area contributed by atoms with E-state index in [1.807, 2.05) is 49.4 Å². The second-order valence-electron chi connectivity index (χ2n) is 4.22. The summed E-state index contributed by atoms with van der Waals surface area (Å²) in [6.07, 6.45) is 0. The van der Waals surface area contributed by atoms with E-state index in [0.717, 1.165) is 28.3 Å². The summed E-state index contributed by atoms with van der Waals surface area (Å²) in [7, 11) is 1.65. The van der Waals surface area contributed by atoms with Crippen molar-refractivity contribution in [2.75, 3.05) is 12.8 Å². The molecule has 0 aliphatic heterocycles. The minimum atomic E-state index is 0.500. The summed E-state index contributed by atoms with van der Waals surface area (Å²) in [5, 5.41) is 0. The Morgan fingerprint density at radius 2 is 1.89 bits per heavy atom. The minimum Gasteiger partial charge on any atom is -0.497 e. The van der Waals surface area contributed by atoms with E-state index in [0.29, 0.717) is 6.61 Å². The Hall–Kier alpha value is -2.16. The van der Waals surface area contributed by atoms with E-state index < -0.39 is 0 Å². The number of benzene rings is 2. The molecule has 0 saturated carbocycles. The van der Waals surface area contributed by atoms with Crippen molar-refractivity contribution in [2.24, 2.45) is 0 Å². The first-order chi connectivity index (χ1) is 8.67.